The Balaban J connectivity index is 1.67. The fourth-order valence-electron chi connectivity index (χ4n) is 2.47. The normalized spacial score (nSPS) is 16.5. The largest absolute Gasteiger partial charge is 0.486 e. The predicted molar refractivity (Wildman–Crippen MR) is 80.6 cm³/mol. The molecule has 0 radical (unpaired) electrons. The van der Waals surface area contributed by atoms with E-state index in [1.165, 1.54) is 4.88 Å². The molecule has 4 nitrogen and oxygen atoms in total. The first-order valence-electron chi connectivity index (χ1n) is 7.11. The number of carbonyl (C=O) groups is 1. The molecule has 1 atom stereocenters. The standard InChI is InChI=1S/C16H17NO3S/c1-2-19-16(18)12-8-9-13-15(12)17-14(21-13)10-20-11-6-4-3-5-7-11/h3-7,12H,2,8-10H2,1H3. The van der Waals surface area contributed by atoms with E-state index in [0.717, 1.165) is 29.3 Å². The third-order valence-electron chi connectivity index (χ3n) is 3.44. The number of nitrogens with zero attached hydrogens (tertiary/aromatic N) is 1. The highest BCUT2D eigenvalue weighted by atomic mass is 32.1. The van der Waals surface area contributed by atoms with Gasteiger partial charge in [-0.25, -0.2) is 4.98 Å². The van der Waals surface area contributed by atoms with Gasteiger partial charge in [0.1, 0.15) is 23.3 Å². The molecule has 0 fully saturated rings. The molecule has 1 aliphatic rings. The topological polar surface area (TPSA) is 48.4 Å². The second kappa shape index (κ2) is 6.26. The van der Waals surface area contributed by atoms with Gasteiger partial charge in [0.05, 0.1) is 12.3 Å². The third-order valence-corrected chi connectivity index (χ3v) is 4.54. The summed E-state index contributed by atoms with van der Waals surface area (Å²) in [5, 5.41) is 0.915. The number of para-hydroxylation sites is 1. The summed E-state index contributed by atoms with van der Waals surface area (Å²) in [7, 11) is 0. The van der Waals surface area contributed by atoms with Gasteiger partial charge in [0.2, 0.25) is 0 Å². The molecule has 1 unspecified atom stereocenters. The van der Waals surface area contributed by atoms with Crippen molar-refractivity contribution < 1.29 is 14.3 Å². The van der Waals surface area contributed by atoms with Crippen molar-refractivity contribution in [3.8, 4) is 5.75 Å². The lowest BCUT2D eigenvalue weighted by atomic mass is 10.1. The van der Waals surface area contributed by atoms with Crippen LogP contribution < -0.4 is 4.74 Å². The molecule has 21 heavy (non-hydrogen) atoms. The van der Waals surface area contributed by atoms with Crippen molar-refractivity contribution in [2.75, 3.05) is 6.61 Å². The average Bonchev–Trinajstić information content (AvgIpc) is 3.06. The predicted octanol–water partition coefficient (Wildman–Crippen LogP) is 3.32. The van der Waals surface area contributed by atoms with E-state index < -0.39 is 0 Å². The minimum Gasteiger partial charge on any atom is -0.486 e. The van der Waals surface area contributed by atoms with Crippen molar-refractivity contribution in [3.05, 3.63) is 45.9 Å². The number of thiazole rings is 1. The monoisotopic (exact) mass is 303 g/mol. The molecule has 0 spiro atoms. The van der Waals surface area contributed by atoms with Gasteiger partial charge in [-0.15, -0.1) is 11.3 Å². The number of ether oxygens (including phenoxy) is 2. The fraction of sp³-hybridized carbons (Fsp3) is 0.375. The van der Waals surface area contributed by atoms with Gasteiger partial charge >= 0.3 is 5.97 Å². The van der Waals surface area contributed by atoms with Gasteiger partial charge < -0.3 is 9.47 Å². The van der Waals surface area contributed by atoms with Gasteiger partial charge in [0.15, 0.2) is 0 Å². The number of aromatic nitrogens is 1. The number of hydrogen-bond acceptors (Lipinski definition) is 5. The van der Waals surface area contributed by atoms with Crippen LogP contribution in [0.3, 0.4) is 0 Å². The first kappa shape index (κ1) is 14.1. The van der Waals surface area contributed by atoms with Gasteiger partial charge in [-0.2, -0.15) is 0 Å². The number of aryl methyl sites for hydroxylation is 1. The van der Waals surface area contributed by atoms with Crippen molar-refractivity contribution in [1.29, 1.82) is 0 Å². The summed E-state index contributed by atoms with van der Waals surface area (Å²) in [6, 6.07) is 9.67. The summed E-state index contributed by atoms with van der Waals surface area (Å²) in [5.41, 5.74) is 0.894. The lowest BCUT2D eigenvalue weighted by Crippen LogP contribution is -2.14. The summed E-state index contributed by atoms with van der Waals surface area (Å²) in [5.74, 6) is 0.480. The van der Waals surface area contributed by atoms with Crippen LogP contribution in [0.1, 0.15) is 34.8 Å². The van der Waals surface area contributed by atoms with E-state index in [-0.39, 0.29) is 11.9 Å². The van der Waals surface area contributed by atoms with Gasteiger partial charge in [-0.05, 0) is 31.9 Å². The summed E-state index contributed by atoms with van der Waals surface area (Å²) >= 11 is 1.64. The molecule has 3 rings (SSSR count). The Morgan fingerprint density at radius 2 is 2.19 bits per heavy atom. The number of carbonyl (C=O) groups excluding carboxylic acids is 1. The Hall–Kier alpha value is -1.88. The fourth-order valence-corrected chi connectivity index (χ4v) is 3.53. The lowest BCUT2D eigenvalue weighted by Gasteiger charge is -2.08. The lowest BCUT2D eigenvalue weighted by molar-refractivity contribution is -0.145. The van der Waals surface area contributed by atoms with E-state index >= 15 is 0 Å². The maximum atomic E-state index is 11.9. The zero-order chi connectivity index (χ0) is 14.7. The van der Waals surface area contributed by atoms with Crippen LogP contribution in [-0.2, 0) is 22.6 Å². The van der Waals surface area contributed by atoms with Crippen LogP contribution in [0.2, 0.25) is 0 Å². The third kappa shape index (κ3) is 3.08. The molecular weight excluding hydrogens is 286 g/mol. The molecule has 1 heterocycles. The molecule has 0 N–H and O–H groups in total. The highest BCUT2D eigenvalue weighted by molar-refractivity contribution is 7.11. The van der Waals surface area contributed by atoms with Gasteiger partial charge in [-0.3, -0.25) is 4.79 Å². The average molecular weight is 303 g/mol. The van der Waals surface area contributed by atoms with E-state index in [1.54, 1.807) is 11.3 Å². The molecule has 0 amide bonds. The molecule has 0 aliphatic heterocycles. The van der Waals surface area contributed by atoms with E-state index in [0.29, 0.717) is 13.2 Å². The Kier molecular flexibility index (Phi) is 4.20. The summed E-state index contributed by atoms with van der Waals surface area (Å²) in [4.78, 5) is 17.7. The molecule has 0 saturated carbocycles. The van der Waals surface area contributed by atoms with Crippen molar-refractivity contribution in [3.63, 3.8) is 0 Å². The Bertz CT molecular complexity index is 624. The number of esters is 1. The van der Waals surface area contributed by atoms with Crippen LogP contribution in [0.4, 0.5) is 0 Å². The van der Waals surface area contributed by atoms with E-state index in [4.69, 9.17) is 9.47 Å². The Labute approximate surface area is 127 Å². The summed E-state index contributed by atoms with van der Waals surface area (Å²) in [6.07, 6.45) is 1.72. The molecule has 1 aromatic heterocycles. The smallest absolute Gasteiger partial charge is 0.315 e. The number of fused-ring (bicyclic) bond motifs is 1. The van der Waals surface area contributed by atoms with Crippen LogP contribution in [0, 0.1) is 0 Å². The van der Waals surface area contributed by atoms with Crippen LogP contribution >= 0.6 is 11.3 Å². The zero-order valence-electron chi connectivity index (χ0n) is 11.9. The van der Waals surface area contributed by atoms with E-state index in [1.807, 2.05) is 37.3 Å². The van der Waals surface area contributed by atoms with E-state index in [9.17, 15) is 4.79 Å². The minimum absolute atomic E-state index is 0.155. The summed E-state index contributed by atoms with van der Waals surface area (Å²) in [6.45, 7) is 2.68. The molecule has 5 heteroatoms. The first-order valence-corrected chi connectivity index (χ1v) is 7.92. The molecule has 2 aromatic rings. The van der Waals surface area contributed by atoms with Crippen molar-refractivity contribution in [2.45, 2.75) is 32.3 Å². The van der Waals surface area contributed by atoms with Crippen LogP contribution in [0.5, 0.6) is 5.75 Å². The highest BCUT2D eigenvalue weighted by Crippen LogP contribution is 2.37. The SMILES string of the molecule is CCOC(=O)C1CCc2sc(COc3ccccc3)nc21. The molecule has 0 bridgehead atoms. The van der Waals surface area contributed by atoms with Gasteiger partial charge in [0.25, 0.3) is 0 Å². The zero-order valence-corrected chi connectivity index (χ0v) is 12.7. The van der Waals surface area contributed by atoms with Crippen molar-refractivity contribution >= 4 is 17.3 Å². The molecule has 110 valence electrons. The maximum Gasteiger partial charge on any atom is 0.315 e. The maximum absolute atomic E-state index is 11.9. The van der Waals surface area contributed by atoms with E-state index in [2.05, 4.69) is 4.98 Å². The first-order chi connectivity index (χ1) is 10.3. The second-order valence-electron chi connectivity index (χ2n) is 4.86. The van der Waals surface area contributed by atoms with Crippen molar-refractivity contribution in [1.82, 2.24) is 4.98 Å². The second-order valence-corrected chi connectivity index (χ2v) is 6.03. The number of hydrogen-bond donors (Lipinski definition) is 0. The van der Waals surface area contributed by atoms with Crippen LogP contribution in [0.15, 0.2) is 30.3 Å². The Morgan fingerprint density at radius 1 is 1.38 bits per heavy atom. The Morgan fingerprint density at radius 3 is 2.95 bits per heavy atom. The van der Waals surface area contributed by atoms with Crippen LogP contribution in [0.25, 0.3) is 0 Å². The van der Waals surface area contributed by atoms with Crippen LogP contribution in [-0.4, -0.2) is 17.6 Å². The molecule has 0 saturated heterocycles. The molecular formula is C16H17NO3S. The number of rotatable bonds is 5. The minimum atomic E-state index is -0.193. The van der Waals surface area contributed by atoms with Crippen molar-refractivity contribution in [2.24, 2.45) is 0 Å². The molecule has 1 aliphatic carbocycles. The van der Waals surface area contributed by atoms with Gasteiger partial charge in [-0.1, -0.05) is 18.2 Å². The number of benzene rings is 1. The molecule has 1 aromatic carbocycles. The van der Waals surface area contributed by atoms with Gasteiger partial charge in [0, 0.05) is 4.88 Å². The summed E-state index contributed by atoms with van der Waals surface area (Å²) < 4.78 is 10.8. The highest BCUT2D eigenvalue weighted by Gasteiger charge is 2.33. The quantitative estimate of drug-likeness (QED) is 0.795.